The molecule has 0 bridgehead atoms. The predicted molar refractivity (Wildman–Crippen MR) is 148 cm³/mol. The summed E-state index contributed by atoms with van der Waals surface area (Å²) in [5.41, 5.74) is 4.38. The number of para-hydroxylation sites is 2. The highest BCUT2D eigenvalue weighted by Gasteiger charge is 2.27. The van der Waals surface area contributed by atoms with E-state index in [1.807, 2.05) is 30.3 Å². The van der Waals surface area contributed by atoms with E-state index >= 15 is 0 Å². The number of hydrogen-bond donors (Lipinski definition) is 2. The summed E-state index contributed by atoms with van der Waals surface area (Å²) in [5.74, 6) is 0.0814. The van der Waals surface area contributed by atoms with E-state index in [0.29, 0.717) is 19.5 Å². The van der Waals surface area contributed by atoms with E-state index in [1.54, 1.807) is 0 Å². The van der Waals surface area contributed by atoms with Crippen LogP contribution >= 0.6 is 12.4 Å². The smallest absolute Gasteiger partial charge is 0.303 e. The molecule has 0 aliphatic carbocycles. The molecule has 1 unspecified atom stereocenters. The molecule has 5 rings (SSSR count). The van der Waals surface area contributed by atoms with Crippen molar-refractivity contribution < 1.29 is 14.6 Å². The number of benzene rings is 4. The molecule has 0 fully saturated rings. The fraction of sp³-hybridized carbons (Fsp3) is 0.233. The van der Waals surface area contributed by atoms with Crippen molar-refractivity contribution in [3.05, 3.63) is 102 Å². The van der Waals surface area contributed by atoms with Gasteiger partial charge < -0.3 is 20.1 Å². The number of carboxylic acids is 1. The lowest BCUT2D eigenvalue weighted by Gasteiger charge is -2.37. The maximum Gasteiger partial charge on any atom is 0.303 e. The van der Waals surface area contributed by atoms with Crippen molar-refractivity contribution in [2.45, 2.75) is 31.9 Å². The Balaban J connectivity index is 0.00000304. The van der Waals surface area contributed by atoms with Gasteiger partial charge >= 0.3 is 5.97 Å². The van der Waals surface area contributed by atoms with Crippen molar-refractivity contribution in [3.63, 3.8) is 0 Å². The first-order valence-corrected chi connectivity index (χ1v) is 12.1. The number of ether oxygens (including phenoxy) is 1. The molecule has 6 heteroatoms. The number of rotatable bonds is 8. The molecule has 0 saturated carbocycles. The highest BCUT2D eigenvalue weighted by molar-refractivity contribution is 5.86. The average Bonchev–Trinajstić information content (AvgIpc) is 2.90. The maximum atomic E-state index is 11.0. The minimum atomic E-state index is -0.779. The largest absolute Gasteiger partial charge is 0.485 e. The molecule has 1 aliphatic heterocycles. The Hall–Kier alpha value is -3.54. The zero-order valence-electron chi connectivity index (χ0n) is 20.3. The van der Waals surface area contributed by atoms with Gasteiger partial charge in [0.05, 0.1) is 12.2 Å². The summed E-state index contributed by atoms with van der Waals surface area (Å²) in [5, 5.41) is 15.3. The van der Waals surface area contributed by atoms with Crippen LogP contribution in [0.2, 0.25) is 0 Å². The monoisotopic (exact) mass is 502 g/mol. The van der Waals surface area contributed by atoms with Crippen LogP contribution in [0.3, 0.4) is 0 Å². The summed E-state index contributed by atoms with van der Waals surface area (Å²) in [7, 11) is 0. The highest BCUT2D eigenvalue weighted by Crippen LogP contribution is 2.38. The first-order chi connectivity index (χ1) is 17.1. The Morgan fingerprint density at radius 3 is 2.64 bits per heavy atom. The Labute approximate surface area is 218 Å². The van der Waals surface area contributed by atoms with Crippen LogP contribution in [0.25, 0.3) is 10.8 Å². The number of aryl methyl sites for hydroxylation is 1. The van der Waals surface area contributed by atoms with Gasteiger partial charge in [-0.3, -0.25) is 4.79 Å². The quantitative estimate of drug-likeness (QED) is 0.287. The van der Waals surface area contributed by atoms with Crippen molar-refractivity contribution in [2.75, 3.05) is 18.0 Å². The molecule has 1 heterocycles. The van der Waals surface area contributed by atoms with Crippen LogP contribution in [0.4, 0.5) is 11.4 Å². The van der Waals surface area contributed by atoms with Gasteiger partial charge in [0.1, 0.15) is 11.9 Å². The number of aliphatic carboxylic acids is 1. The second kappa shape index (κ2) is 11.5. The van der Waals surface area contributed by atoms with Gasteiger partial charge in [0.25, 0.3) is 0 Å². The van der Waals surface area contributed by atoms with Crippen LogP contribution in [0.15, 0.2) is 91.0 Å². The van der Waals surface area contributed by atoms with E-state index in [0.717, 1.165) is 22.7 Å². The number of nitrogens with one attached hydrogen (secondary N) is 1. The number of carbonyl (C=O) groups is 1. The SMILES string of the molecule is C[C@@H](NCC1CN(c2cccc(CCC(=O)O)c2)c2ccccc2O1)c1cccc2ccccc12.Cl. The summed E-state index contributed by atoms with van der Waals surface area (Å²) in [6, 6.07) is 31.4. The van der Waals surface area contributed by atoms with Crippen LogP contribution in [0, 0.1) is 0 Å². The van der Waals surface area contributed by atoms with Gasteiger partial charge in [0.2, 0.25) is 0 Å². The molecule has 2 N–H and O–H groups in total. The Bertz CT molecular complexity index is 1340. The topological polar surface area (TPSA) is 61.8 Å². The molecule has 0 radical (unpaired) electrons. The third kappa shape index (κ3) is 5.64. The lowest BCUT2D eigenvalue weighted by atomic mass is 9.99. The van der Waals surface area contributed by atoms with Gasteiger partial charge in [0.15, 0.2) is 0 Å². The second-order valence-corrected chi connectivity index (χ2v) is 9.08. The molecule has 0 amide bonds. The van der Waals surface area contributed by atoms with Crippen LogP contribution in [0.1, 0.15) is 30.5 Å². The lowest BCUT2D eigenvalue weighted by molar-refractivity contribution is -0.136. The molecule has 0 saturated heterocycles. The van der Waals surface area contributed by atoms with Crippen molar-refractivity contribution in [1.29, 1.82) is 0 Å². The van der Waals surface area contributed by atoms with Gasteiger partial charge in [-0.15, -0.1) is 12.4 Å². The van der Waals surface area contributed by atoms with E-state index in [9.17, 15) is 4.79 Å². The number of fused-ring (bicyclic) bond motifs is 2. The molecule has 5 nitrogen and oxygen atoms in total. The molecule has 186 valence electrons. The number of anilines is 2. The van der Waals surface area contributed by atoms with Gasteiger partial charge in [-0.25, -0.2) is 0 Å². The normalized spacial score (nSPS) is 15.5. The van der Waals surface area contributed by atoms with Crippen LogP contribution in [0.5, 0.6) is 5.75 Å². The van der Waals surface area contributed by atoms with E-state index in [-0.39, 0.29) is 31.0 Å². The fourth-order valence-corrected chi connectivity index (χ4v) is 4.83. The third-order valence-electron chi connectivity index (χ3n) is 6.63. The zero-order chi connectivity index (χ0) is 24.2. The number of hydrogen-bond acceptors (Lipinski definition) is 4. The third-order valence-corrected chi connectivity index (χ3v) is 6.63. The van der Waals surface area contributed by atoms with Crippen LogP contribution in [-0.2, 0) is 11.2 Å². The number of halogens is 1. The molecular formula is C30H31ClN2O3. The summed E-state index contributed by atoms with van der Waals surface area (Å²) < 4.78 is 6.38. The first kappa shape index (κ1) is 25.5. The number of nitrogens with zero attached hydrogens (tertiary/aromatic N) is 1. The molecule has 1 aliphatic rings. The molecule has 4 aromatic rings. The molecular weight excluding hydrogens is 472 g/mol. The van der Waals surface area contributed by atoms with Crippen molar-refractivity contribution in [1.82, 2.24) is 5.32 Å². The van der Waals surface area contributed by atoms with E-state index in [1.165, 1.54) is 16.3 Å². The second-order valence-electron chi connectivity index (χ2n) is 9.08. The first-order valence-electron chi connectivity index (χ1n) is 12.1. The Morgan fingerprint density at radius 1 is 1.03 bits per heavy atom. The Kier molecular flexibility index (Phi) is 8.14. The summed E-state index contributed by atoms with van der Waals surface area (Å²) in [6.07, 6.45) is 0.606. The summed E-state index contributed by atoms with van der Waals surface area (Å²) >= 11 is 0. The fourth-order valence-electron chi connectivity index (χ4n) is 4.83. The summed E-state index contributed by atoms with van der Waals surface area (Å²) in [4.78, 5) is 13.3. The molecule has 4 aromatic carbocycles. The van der Waals surface area contributed by atoms with Crippen molar-refractivity contribution >= 4 is 40.5 Å². The average molecular weight is 503 g/mol. The van der Waals surface area contributed by atoms with Gasteiger partial charge in [-0.2, -0.15) is 0 Å². The standard InChI is InChI=1S/C30H30N2O3.ClH/c1-21(26-13-7-10-23-9-2-3-12-27(23)26)31-19-25-20-32(28-14-4-5-15-29(28)35-25)24-11-6-8-22(18-24)16-17-30(33)34;/h2-15,18,21,25,31H,16-17,19-20H2,1H3,(H,33,34);1H/t21-,25?;/m1./s1. The van der Waals surface area contributed by atoms with Gasteiger partial charge in [0, 0.05) is 24.7 Å². The van der Waals surface area contributed by atoms with Gasteiger partial charge in [-0.05, 0) is 59.5 Å². The van der Waals surface area contributed by atoms with Crippen LogP contribution < -0.4 is 15.0 Å². The summed E-state index contributed by atoms with van der Waals surface area (Å²) in [6.45, 7) is 3.60. The minimum absolute atomic E-state index is 0. The lowest BCUT2D eigenvalue weighted by Crippen LogP contribution is -2.44. The van der Waals surface area contributed by atoms with Crippen molar-refractivity contribution in [2.24, 2.45) is 0 Å². The maximum absolute atomic E-state index is 11.0. The molecule has 2 atom stereocenters. The van der Waals surface area contributed by atoms with E-state index < -0.39 is 5.97 Å². The molecule has 36 heavy (non-hydrogen) atoms. The predicted octanol–water partition coefficient (Wildman–Crippen LogP) is 6.53. The highest BCUT2D eigenvalue weighted by atomic mass is 35.5. The van der Waals surface area contributed by atoms with Gasteiger partial charge in [-0.1, -0.05) is 66.7 Å². The van der Waals surface area contributed by atoms with Crippen molar-refractivity contribution in [3.8, 4) is 5.75 Å². The zero-order valence-corrected chi connectivity index (χ0v) is 21.1. The Morgan fingerprint density at radius 2 is 1.78 bits per heavy atom. The van der Waals surface area contributed by atoms with E-state index in [2.05, 4.69) is 77.8 Å². The molecule has 0 spiro atoms. The number of carboxylic acid groups (broad SMARTS) is 1. The van der Waals surface area contributed by atoms with Crippen LogP contribution in [-0.4, -0.2) is 30.3 Å². The minimum Gasteiger partial charge on any atom is -0.485 e. The van der Waals surface area contributed by atoms with E-state index in [4.69, 9.17) is 9.84 Å². The molecule has 0 aromatic heterocycles.